The summed E-state index contributed by atoms with van der Waals surface area (Å²) in [6, 6.07) is 1.60. The summed E-state index contributed by atoms with van der Waals surface area (Å²) in [5, 5.41) is 18.3. The summed E-state index contributed by atoms with van der Waals surface area (Å²) in [4.78, 5) is 0. The van der Waals surface area contributed by atoms with Crippen molar-refractivity contribution in [2.75, 3.05) is 26.2 Å². The first-order valence-electron chi connectivity index (χ1n) is 10.3. The van der Waals surface area contributed by atoms with Crippen molar-refractivity contribution in [2.24, 2.45) is 0 Å². The molecule has 3 atom stereocenters. The maximum atomic E-state index is 8.26. The van der Waals surface area contributed by atoms with Crippen LogP contribution in [0.1, 0.15) is 57.8 Å². The van der Waals surface area contributed by atoms with Gasteiger partial charge in [0.25, 0.3) is 0 Å². The second-order valence-corrected chi connectivity index (χ2v) is 7.22. The number of hydrogen-bond donors (Lipinski definition) is 0. The Morgan fingerprint density at radius 2 is 1.21 bits per heavy atom. The van der Waals surface area contributed by atoms with E-state index in [9.17, 15) is 0 Å². The molecule has 4 heterocycles. The Bertz CT molecular complexity index is 444. The average molecular weight is 766 g/mol. The molecule has 3 saturated heterocycles. The van der Waals surface area contributed by atoms with Gasteiger partial charge < -0.3 is 61.8 Å². The summed E-state index contributed by atoms with van der Waals surface area (Å²) in [6.45, 7) is 4.06. The number of piperidine rings is 3. The zero-order chi connectivity index (χ0) is 20.5. The molecule has 33 heavy (non-hydrogen) atoms. The van der Waals surface area contributed by atoms with Gasteiger partial charge in [-0.15, -0.1) is 38.3 Å². The first-order chi connectivity index (χ1) is 13.9. The predicted molar refractivity (Wildman–Crippen MR) is 136 cm³/mol. The van der Waals surface area contributed by atoms with Crippen molar-refractivity contribution in [3.05, 3.63) is 45.2 Å². The van der Waals surface area contributed by atoms with Gasteiger partial charge in [-0.05, 0) is 0 Å². The Balaban J connectivity index is -0.000000122. The SMILES string of the molecule is C1=CC[N-]C(C2CCCC[N-]2)=C1.C1CCC(C2CCCC[N-]2)[N-]C1.[Cl][Cu].[Cu+2].[Cu+2].[O]=[Mo].[SH-].[SH-].[SH-]. The molecule has 0 spiro atoms. The van der Waals surface area contributed by atoms with Crippen molar-refractivity contribution < 1.29 is 72.4 Å². The fourth-order valence-electron chi connectivity index (χ4n) is 3.94. The van der Waals surface area contributed by atoms with E-state index in [1.807, 2.05) is 0 Å². The van der Waals surface area contributed by atoms with E-state index < -0.39 is 0 Å². The molecule has 4 rings (SSSR count). The van der Waals surface area contributed by atoms with Crippen LogP contribution in [0.25, 0.3) is 21.3 Å². The molecule has 2 radical (unpaired) electrons. The summed E-state index contributed by atoms with van der Waals surface area (Å²) in [6.07, 6.45) is 18.0. The molecule has 0 aromatic heterocycles. The summed E-state index contributed by atoms with van der Waals surface area (Å²) >= 11 is 4.36. The Labute approximate surface area is 267 Å². The van der Waals surface area contributed by atoms with Gasteiger partial charge in [-0.1, -0.05) is 69.9 Å². The number of hydrogen-bond acceptors (Lipinski definition) is 4. The molecular weight excluding hydrogens is 730 g/mol. The average Bonchev–Trinajstić information content (AvgIpc) is 2.84. The third-order valence-electron chi connectivity index (χ3n) is 5.35. The van der Waals surface area contributed by atoms with E-state index in [0.29, 0.717) is 37.9 Å². The molecule has 208 valence electrons. The zero-order valence-corrected chi connectivity index (χ0v) is 26.7. The van der Waals surface area contributed by atoms with Gasteiger partial charge in [0.05, 0.1) is 0 Å². The predicted octanol–water partition coefficient (Wildman–Crippen LogP) is 5.33. The Morgan fingerprint density at radius 3 is 1.55 bits per heavy atom. The number of nitrogens with zero attached hydrogens (tertiary/aromatic N) is 4. The van der Waals surface area contributed by atoms with E-state index in [2.05, 4.69) is 64.7 Å². The molecule has 3 fully saturated rings. The van der Waals surface area contributed by atoms with E-state index in [4.69, 9.17) is 3.40 Å². The molecule has 0 saturated carbocycles. The fourth-order valence-corrected chi connectivity index (χ4v) is 3.94. The monoisotopic (exact) mass is 765 g/mol. The van der Waals surface area contributed by atoms with Crippen molar-refractivity contribution in [2.45, 2.75) is 75.9 Å². The Hall–Kier alpha value is 2.55. The smallest absolute Gasteiger partial charge is 0.813 e. The zero-order valence-electron chi connectivity index (χ0n) is 18.4. The summed E-state index contributed by atoms with van der Waals surface area (Å²) in [5.41, 5.74) is 1.19. The molecule has 0 aliphatic carbocycles. The molecule has 13 heteroatoms. The molecular formula is C20H35ClCu3MoN4OS3-3. The molecule has 0 N–H and O–H groups in total. The van der Waals surface area contributed by atoms with Crippen molar-refractivity contribution in [1.82, 2.24) is 0 Å². The van der Waals surface area contributed by atoms with Crippen molar-refractivity contribution in [3.8, 4) is 0 Å². The van der Waals surface area contributed by atoms with Crippen molar-refractivity contribution in [1.29, 1.82) is 0 Å². The molecule has 4 aliphatic heterocycles. The third kappa shape index (κ3) is 20.2. The van der Waals surface area contributed by atoms with E-state index in [0.717, 1.165) is 26.2 Å². The van der Waals surface area contributed by atoms with Crippen LogP contribution in [0.5, 0.6) is 0 Å². The van der Waals surface area contributed by atoms with Crippen molar-refractivity contribution in [3.63, 3.8) is 0 Å². The van der Waals surface area contributed by atoms with Crippen LogP contribution in [-0.2, 0) is 113 Å². The fraction of sp³-hybridized carbons (Fsp3) is 0.800. The van der Waals surface area contributed by atoms with Gasteiger partial charge in [-0.2, -0.15) is 17.8 Å². The minimum atomic E-state index is 0. The normalized spacial score (nSPS) is 24.8. The minimum absolute atomic E-state index is 0. The first kappa shape index (κ1) is 45.5. The Morgan fingerprint density at radius 1 is 0.758 bits per heavy atom. The molecule has 5 nitrogen and oxygen atoms in total. The van der Waals surface area contributed by atoms with E-state index in [1.54, 1.807) is 0 Å². The Kier molecular flexibility index (Phi) is 44.9. The number of thiol groups is 3. The molecule has 0 amide bonds. The second kappa shape index (κ2) is 32.6. The maximum absolute atomic E-state index is 8.26. The summed E-state index contributed by atoms with van der Waals surface area (Å²) in [7, 11) is 4.20. The van der Waals surface area contributed by atoms with Gasteiger partial charge in [-0.25, -0.2) is 0 Å². The van der Waals surface area contributed by atoms with Crippen LogP contribution in [0.3, 0.4) is 0 Å². The number of rotatable bonds is 2. The van der Waals surface area contributed by atoms with Crippen LogP contribution in [0, 0.1) is 0 Å². The molecule has 4 aliphatic rings. The third-order valence-corrected chi connectivity index (χ3v) is 5.35. The van der Waals surface area contributed by atoms with Gasteiger partial charge in [0.15, 0.2) is 0 Å². The standard InChI is InChI=1S/C10H18N2.C10H14N2.ClH.3Cu.Mo.O.3H2S/c2*1-3-7-11-9(5-1)10-6-2-4-8-12-10;;;;;;;;;/h9-10H,1-8H2;1,3,5,10H,2,4,6-8H2;1H;;;;;;3*1H2/q2*-2;;+1;2*+2;;;;;/p-4. The van der Waals surface area contributed by atoms with E-state index >= 15 is 0 Å². The first-order valence-corrected chi connectivity index (χ1v) is 12.4. The quantitative estimate of drug-likeness (QED) is 0.217. The molecule has 0 aromatic carbocycles. The van der Waals surface area contributed by atoms with E-state index in [-0.39, 0.29) is 74.6 Å². The topological polar surface area (TPSA) is 73.5 Å². The summed E-state index contributed by atoms with van der Waals surface area (Å²) < 4.78 is 8.26. The van der Waals surface area contributed by atoms with Gasteiger partial charge in [0.2, 0.25) is 0 Å². The maximum Gasteiger partial charge on any atom is -0.813 e. The number of halogens is 1. The molecule has 0 bridgehead atoms. The van der Waals surface area contributed by atoms with Crippen LogP contribution >= 0.6 is 10.1 Å². The van der Waals surface area contributed by atoms with Gasteiger partial charge in [-0.3, -0.25) is 0 Å². The van der Waals surface area contributed by atoms with Crippen LogP contribution in [-0.4, -0.2) is 44.3 Å². The van der Waals surface area contributed by atoms with Crippen LogP contribution in [0.4, 0.5) is 0 Å². The van der Waals surface area contributed by atoms with Crippen LogP contribution in [0.2, 0.25) is 0 Å². The van der Waals surface area contributed by atoms with Crippen LogP contribution in [0.15, 0.2) is 23.9 Å². The van der Waals surface area contributed by atoms with Crippen LogP contribution < -0.4 is 0 Å². The van der Waals surface area contributed by atoms with Gasteiger partial charge in [0.1, 0.15) is 0 Å². The molecule has 3 unspecified atom stereocenters. The second-order valence-electron chi connectivity index (χ2n) is 7.22. The van der Waals surface area contributed by atoms with Crippen molar-refractivity contribution >= 4 is 50.6 Å². The van der Waals surface area contributed by atoms with E-state index in [1.165, 1.54) is 63.5 Å². The molecule has 0 aromatic rings. The largest absolute Gasteiger partial charge is 0.813 e. The number of allylic oxidation sites excluding steroid dienone is 2. The van der Waals surface area contributed by atoms with Gasteiger partial charge >= 0.3 is 82.5 Å². The van der Waals surface area contributed by atoms with Gasteiger partial charge in [0, 0.05) is 0 Å². The minimum Gasteiger partial charge on any atom is -0.813 e. The summed E-state index contributed by atoms with van der Waals surface area (Å²) in [5.74, 6) is 0.